The van der Waals surface area contributed by atoms with Crippen LogP contribution >= 0.6 is 0 Å². The van der Waals surface area contributed by atoms with Crippen LogP contribution in [0, 0.1) is 17.2 Å². The van der Waals surface area contributed by atoms with Crippen LogP contribution in [0.1, 0.15) is 28.8 Å². The van der Waals surface area contributed by atoms with E-state index in [1.165, 1.54) is 36.7 Å². The number of sulfonamides is 1. The van der Waals surface area contributed by atoms with Gasteiger partial charge in [0.1, 0.15) is 11.8 Å². The van der Waals surface area contributed by atoms with E-state index in [1.807, 2.05) is 6.07 Å². The maximum absolute atomic E-state index is 13.0. The van der Waals surface area contributed by atoms with Crippen LogP contribution in [0.15, 0.2) is 47.4 Å². The number of nitriles is 1. The Morgan fingerprint density at radius 3 is 2.44 bits per heavy atom. The van der Waals surface area contributed by atoms with E-state index in [1.54, 1.807) is 24.3 Å². The molecule has 32 heavy (non-hydrogen) atoms. The molecule has 0 bridgehead atoms. The number of esters is 1. The second kappa shape index (κ2) is 9.80. The highest BCUT2D eigenvalue weighted by Gasteiger charge is 2.33. The number of carbonyl (C=O) groups is 2. The third kappa shape index (κ3) is 4.74. The monoisotopic (exact) mass is 457 g/mol. The lowest BCUT2D eigenvalue weighted by atomic mass is 9.97. The number of carbonyl (C=O) groups excluding carboxylic acids is 2. The molecule has 3 rings (SSSR count). The summed E-state index contributed by atoms with van der Waals surface area (Å²) in [7, 11) is -1.13. The number of hydrogen-bond acceptors (Lipinski definition) is 7. The van der Waals surface area contributed by atoms with Gasteiger partial charge in [-0.15, -0.1) is 0 Å². The van der Waals surface area contributed by atoms with Gasteiger partial charge in [0.25, 0.3) is 0 Å². The van der Waals surface area contributed by atoms with E-state index in [4.69, 9.17) is 9.47 Å². The van der Waals surface area contributed by atoms with E-state index in [0.29, 0.717) is 24.3 Å². The first-order valence-corrected chi connectivity index (χ1v) is 11.3. The molecule has 168 valence electrons. The molecule has 0 unspecified atom stereocenters. The molecule has 0 aromatic heterocycles. The molecular formula is C22H23N3O6S. The van der Waals surface area contributed by atoms with E-state index < -0.39 is 21.9 Å². The smallest absolute Gasteiger partial charge is 0.340 e. The van der Waals surface area contributed by atoms with Crippen LogP contribution in [0.4, 0.5) is 5.69 Å². The zero-order valence-corrected chi connectivity index (χ0v) is 18.5. The predicted molar refractivity (Wildman–Crippen MR) is 116 cm³/mol. The van der Waals surface area contributed by atoms with Crippen molar-refractivity contribution in [1.29, 1.82) is 5.26 Å². The molecule has 1 aliphatic rings. The Morgan fingerprint density at radius 1 is 1.12 bits per heavy atom. The highest BCUT2D eigenvalue weighted by atomic mass is 32.2. The standard InChI is InChI=1S/C22H23N3O6S/c1-30-17-7-8-19(18(13-17)22(27)31-2)24-21(26)15-9-11-25(12-10-15)32(28,29)20-6-4-3-5-16(20)14-23/h3-8,13,15H,9-12H2,1-2H3,(H,24,26). The van der Waals surface area contributed by atoms with Crippen molar-refractivity contribution in [3.8, 4) is 11.8 Å². The van der Waals surface area contributed by atoms with Gasteiger partial charge in [0.2, 0.25) is 15.9 Å². The van der Waals surface area contributed by atoms with Crippen LogP contribution < -0.4 is 10.1 Å². The van der Waals surface area contributed by atoms with Gasteiger partial charge < -0.3 is 14.8 Å². The number of hydrogen-bond donors (Lipinski definition) is 1. The van der Waals surface area contributed by atoms with Gasteiger partial charge in [0.15, 0.2) is 0 Å². The molecule has 1 saturated heterocycles. The van der Waals surface area contributed by atoms with Crippen molar-refractivity contribution in [3.63, 3.8) is 0 Å². The van der Waals surface area contributed by atoms with Crippen molar-refractivity contribution in [1.82, 2.24) is 4.31 Å². The van der Waals surface area contributed by atoms with Crippen molar-refractivity contribution >= 4 is 27.6 Å². The van der Waals surface area contributed by atoms with E-state index >= 15 is 0 Å². The van der Waals surface area contributed by atoms with Gasteiger partial charge in [-0.3, -0.25) is 4.79 Å². The van der Waals surface area contributed by atoms with Gasteiger partial charge in [-0.2, -0.15) is 9.57 Å². The molecule has 0 atom stereocenters. The molecule has 1 amide bonds. The Labute approximate surface area is 186 Å². The summed E-state index contributed by atoms with van der Waals surface area (Å²) in [5.41, 5.74) is 0.538. The quantitative estimate of drug-likeness (QED) is 0.660. The van der Waals surface area contributed by atoms with Crippen LogP contribution in [-0.2, 0) is 19.6 Å². The SMILES string of the molecule is COC(=O)c1cc(OC)ccc1NC(=O)C1CCN(S(=O)(=O)c2ccccc2C#N)CC1. The minimum Gasteiger partial charge on any atom is -0.497 e. The molecule has 0 saturated carbocycles. The summed E-state index contributed by atoms with van der Waals surface area (Å²) < 4.78 is 37.1. The topological polar surface area (TPSA) is 126 Å². The summed E-state index contributed by atoms with van der Waals surface area (Å²) in [6.45, 7) is 0.291. The highest BCUT2D eigenvalue weighted by molar-refractivity contribution is 7.89. The number of rotatable bonds is 6. The van der Waals surface area contributed by atoms with E-state index in [2.05, 4.69) is 5.32 Å². The van der Waals surface area contributed by atoms with Gasteiger partial charge in [-0.05, 0) is 43.2 Å². The second-order valence-corrected chi connectivity index (χ2v) is 9.09. The summed E-state index contributed by atoms with van der Waals surface area (Å²) in [5, 5.41) is 12.0. The number of nitrogens with zero attached hydrogens (tertiary/aromatic N) is 2. The zero-order chi connectivity index (χ0) is 23.3. The summed E-state index contributed by atoms with van der Waals surface area (Å²) >= 11 is 0. The Balaban J connectivity index is 1.70. The van der Waals surface area contributed by atoms with Crippen molar-refractivity contribution in [2.45, 2.75) is 17.7 Å². The lowest BCUT2D eigenvalue weighted by molar-refractivity contribution is -0.120. The van der Waals surface area contributed by atoms with Crippen LogP contribution in [0.2, 0.25) is 0 Å². The molecule has 1 fully saturated rings. The van der Waals surface area contributed by atoms with Gasteiger partial charge in [-0.1, -0.05) is 12.1 Å². The maximum Gasteiger partial charge on any atom is 0.340 e. The second-order valence-electron chi connectivity index (χ2n) is 7.18. The number of ether oxygens (including phenoxy) is 2. The molecular weight excluding hydrogens is 434 g/mol. The molecule has 0 radical (unpaired) electrons. The van der Waals surface area contributed by atoms with Crippen molar-refractivity contribution < 1.29 is 27.5 Å². The van der Waals surface area contributed by atoms with Crippen LogP contribution in [-0.4, -0.2) is 51.9 Å². The normalized spacial score (nSPS) is 14.9. The van der Waals surface area contributed by atoms with E-state index in [0.717, 1.165) is 0 Å². The average molecular weight is 458 g/mol. The fraction of sp³-hybridized carbons (Fsp3) is 0.318. The van der Waals surface area contributed by atoms with Crippen LogP contribution in [0.5, 0.6) is 5.75 Å². The summed E-state index contributed by atoms with van der Waals surface area (Å²) in [5.74, 6) is -0.911. The minimum absolute atomic E-state index is 0.0358. The molecule has 1 heterocycles. The average Bonchev–Trinajstić information content (AvgIpc) is 2.83. The van der Waals surface area contributed by atoms with Crippen molar-refractivity contribution in [3.05, 3.63) is 53.6 Å². The molecule has 2 aromatic carbocycles. The van der Waals surface area contributed by atoms with Crippen molar-refractivity contribution in [2.24, 2.45) is 5.92 Å². The number of anilines is 1. The van der Waals surface area contributed by atoms with Gasteiger partial charge >= 0.3 is 5.97 Å². The molecule has 0 spiro atoms. The fourth-order valence-electron chi connectivity index (χ4n) is 3.55. The van der Waals surface area contributed by atoms with E-state index in [9.17, 15) is 23.3 Å². The molecule has 2 aromatic rings. The Hall–Kier alpha value is -3.42. The fourth-order valence-corrected chi connectivity index (χ4v) is 5.17. The maximum atomic E-state index is 13.0. The number of piperidine rings is 1. The number of nitrogens with one attached hydrogen (secondary N) is 1. The van der Waals surface area contributed by atoms with Gasteiger partial charge in [-0.25, -0.2) is 13.2 Å². The molecule has 0 aliphatic carbocycles. The number of amides is 1. The Kier molecular flexibility index (Phi) is 7.12. The Bertz CT molecular complexity index is 1160. The number of benzene rings is 2. The molecule has 10 heteroatoms. The van der Waals surface area contributed by atoms with Crippen LogP contribution in [0.25, 0.3) is 0 Å². The highest BCUT2D eigenvalue weighted by Crippen LogP contribution is 2.28. The first-order valence-electron chi connectivity index (χ1n) is 9.88. The molecule has 1 N–H and O–H groups in total. The molecule has 9 nitrogen and oxygen atoms in total. The summed E-state index contributed by atoms with van der Waals surface area (Å²) in [4.78, 5) is 24.8. The minimum atomic E-state index is -3.84. The van der Waals surface area contributed by atoms with Crippen LogP contribution in [0.3, 0.4) is 0 Å². The summed E-state index contributed by atoms with van der Waals surface area (Å²) in [6.07, 6.45) is 0.618. The predicted octanol–water partition coefficient (Wildman–Crippen LogP) is 2.39. The van der Waals surface area contributed by atoms with Gasteiger partial charge in [0.05, 0.1) is 35.9 Å². The first-order chi connectivity index (χ1) is 15.3. The number of methoxy groups -OCH3 is 2. The molecule has 1 aliphatic heterocycles. The third-order valence-electron chi connectivity index (χ3n) is 5.34. The van der Waals surface area contributed by atoms with E-state index in [-0.39, 0.29) is 35.0 Å². The zero-order valence-electron chi connectivity index (χ0n) is 17.7. The lowest BCUT2D eigenvalue weighted by Crippen LogP contribution is -2.41. The van der Waals surface area contributed by atoms with Crippen molar-refractivity contribution in [2.75, 3.05) is 32.6 Å². The summed E-state index contributed by atoms with van der Waals surface area (Å²) in [6, 6.07) is 12.6. The Morgan fingerprint density at radius 2 is 1.81 bits per heavy atom. The first kappa shape index (κ1) is 23.2. The largest absolute Gasteiger partial charge is 0.497 e. The lowest BCUT2D eigenvalue weighted by Gasteiger charge is -2.30. The third-order valence-corrected chi connectivity index (χ3v) is 7.30. The van der Waals surface area contributed by atoms with Gasteiger partial charge in [0, 0.05) is 19.0 Å².